The maximum atomic E-state index is 10.6. The third kappa shape index (κ3) is 14.5. The molecule has 0 aliphatic rings. The van der Waals surface area contributed by atoms with Crippen LogP contribution in [0.15, 0.2) is 24.3 Å². The highest BCUT2D eigenvalue weighted by Gasteiger charge is 1.96. The number of hydrogen-bond acceptors (Lipinski definition) is 8. The first-order chi connectivity index (χ1) is 13.9. The van der Waals surface area contributed by atoms with Crippen LogP contribution >= 0.6 is 0 Å². The molecule has 0 saturated carbocycles. The van der Waals surface area contributed by atoms with E-state index in [9.17, 15) is 4.79 Å². The summed E-state index contributed by atoms with van der Waals surface area (Å²) in [6.45, 7) is 6.32. The number of aldehydes is 1. The average Bonchev–Trinajstić information content (AvgIpc) is 2.73. The summed E-state index contributed by atoms with van der Waals surface area (Å²) in [4.78, 5) is 10.6. The Bertz CT molecular complexity index is 466. The maximum Gasteiger partial charge on any atom is 0.150 e. The summed E-state index contributed by atoms with van der Waals surface area (Å²) in [5.41, 5.74) is 0.626. The zero-order valence-electron chi connectivity index (χ0n) is 16.6. The third-order valence-electron chi connectivity index (χ3n) is 3.43. The minimum Gasteiger partial charge on any atom is -0.491 e. The van der Waals surface area contributed by atoms with E-state index in [1.165, 1.54) is 0 Å². The number of methoxy groups -OCH3 is 1. The molecule has 8 heteroatoms. The van der Waals surface area contributed by atoms with Crippen molar-refractivity contribution in [2.75, 3.05) is 86.4 Å². The van der Waals surface area contributed by atoms with Crippen LogP contribution in [-0.4, -0.2) is 92.7 Å². The molecule has 0 amide bonds. The lowest BCUT2D eigenvalue weighted by molar-refractivity contribution is -0.0159. The van der Waals surface area contributed by atoms with E-state index in [0.29, 0.717) is 90.6 Å². The Kier molecular flexibility index (Phi) is 16.4. The fourth-order valence-electron chi connectivity index (χ4n) is 1.99. The van der Waals surface area contributed by atoms with Crippen LogP contribution in [-0.2, 0) is 28.4 Å². The molecule has 1 rings (SSSR count). The molecule has 0 aliphatic carbocycles. The molecule has 0 unspecified atom stereocenters. The van der Waals surface area contributed by atoms with Crippen molar-refractivity contribution in [3.63, 3.8) is 0 Å². The van der Waals surface area contributed by atoms with Crippen LogP contribution in [0.4, 0.5) is 0 Å². The second-order valence-corrected chi connectivity index (χ2v) is 5.59. The fourth-order valence-corrected chi connectivity index (χ4v) is 1.99. The smallest absolute Gasteiger partial charge is 0.150 e. The van der Waals surface area contributed by atoms with Crippen molar-refractivity contribution in [1.29, 1.82) is 0 Å². The van der Waals surface area contributed by atoms with Crippen LogP contribution in [0.25, 0.3) is 0 Å². The lowest BCUT2D eigenvalue weighted by atomic mass is 10.2. The molecule has 28 heavy (non-hydrogen) atoms. The summed E-state index contributed by atoms with van der Waals surface area (Å²) in [6, 6.07) is 6.94. The molecular weight excluding hydrogens is 368 g/mol. The van der Waals surface area contributed by atoms with Crippen molar-refractivity contribution in [2.24, 2.45) is 0 Å². The van der Waals surface area contributed by atoms with Crippen LogP contribution in [0.2, 0.25) is 0 Å². The van der Waals surface area contributed by atoms with Gasteiger partial charge in [0.15, 0.2) is 0 Å². The van der Waals surface area contributed by atoms with Gasteiger partial charge < -0.3 is 33.2 Å². The molecule has 0 heterocycles. The summed E-state index contributed by atoms with van der Waals surface area (Å²) in [5.74, 6) is 0.713. The SMILES string of the molecule is COCCOCCOCCOCCOCCOCCOc1ccc(C=O)cc1. The van der Waals surface area contributed by atoms with Crippen molar-refractivity contribution in [3.8, 4) is 5.75 Å². The monoisotopic (exact) mass is 400 g/mol. The van der Waals surface area contributed by atoms with Crippen molar-refractivity contribution in [1.82, 2.24) is 0 Å². The molecule has 1 aromatic carbocycles. The molecule has 0 radical (unpaired) electrons. The quantitative estimate of drug-likeness (QED) is 0.241. The molecule has 0 aliphatic heterocycles. The number of ether oxygens (including phenoxy) is 7. The van der Waals surface area contributed by atoms with Gasteiger partial charge in [0.2, 0.25) is 0 Å². The summed E-state index contributed by atoms with van der Waals surface area (Å²) < 4.78 is 37.2. The number of carbonyl (C=O) groups is 1. The molecule has 8 nitrogen and oxygen atoms in total. The van der Waals surface area contributed by atoms with Gasteiger partial charge in [-0.15, -0.1) is 0 Å². The molecule has 0 fully saturated rings. The van der Waals surface area contributed by atoms with Gasteiger partial charge in [0.1, 0.15) is 18.6 Å². The zero-order chi connectivity index (χ0) is 20.1. The first-order valence-corrected chi connectivity index (χ1v) is 9.42. The molecular formula is C20H32O8. The van der Waals surface area contributed by atoms with Crippen molar-refractivity contribution in [3.05, 3.63) is 29.8 Å². The lowest BCUT2D eigenvalue weighted by Gasteiger charge is -2.08. The lowest BCUT2D eigenvalue weighted by Crippen LogP contribution is -2.14. The maximum absolute atomic E-state index is 10.6. The second kappa shape index (κ2) is 18.8. The van der Waals surface area contributed by atoms with Crippen molar-refractivity contribution in [2.45, 2.75) is 0 Å². The molecule has 0 atom stereocenters. The van der Waals surface area contributed by atoms with E-state index >= 15 is 0 Å². The van der Waals surface area contributed by atoms with Crippen LogP contribution < -0.4 is 4.74 Å². The molecule has 0 N–H and O–H groups in total. The van der Waals surface area contributed by atoms with E-state index in [0.717, 1.165) is 6.29 Å². The normalized spacial score (nSPS) is 10.9. The van der Waals surface area contributed by atoms with Crippen LogP contribution in [0.5, 0.6) is 5.75 Å². The molecule has 0 aromatic heterocycles. The highest BCUT2D eigenvalue weighted by Crippen LogP contribution is 2.10. The van der Waals surface area contributed by atoms with Crippen LogP contribution in [0.1, 0.15) is 10.4 Å². The van der Waals surface area contributed by atoms with E-state index in [2.05, 4.69) is 0 Å². The van der Waals surface area contributed by atoms with E-state index < -0.39 is 0 Å². The minimum atomic E-state index is 0.445. The Morgan fingerprint density at radius 1 is 0.607 bits per heavy atom. The number of rotatable bonds is 20. The summed E-state index contributed by atoms with van der Waals surface area (Å²) in [6.07, 6.45) is 0.800. The number of hydrogen-bond donors (Lipinski definition) is 0. The molecule has 0 saturated heterocycles. The Hall–Kier alpha value is -1.55. The number of carbonyl (C=O) groups excluding carboxylic acids is 1. The van der Waals surface area contributed by atoms with Gasteiger partial charge >= 0.3 is 0 Å². The van der Waals surface area contributed by atoms with Crippen LogP contribution in [0.3, 0.4) is 0 Å². The van der Waals surface area contributed by atoms with E-state index in [-0.39, 0.29) is 0 Å². The van der Waals surface area contributed by atoms with Gasteiger partial charge in [0, 0.05) is 12.7 Å². The standard InChI is InChI=1S/C20H32O8/c1-22-6-7-23-8-9-24-10-11-25-12-13-26-14-15-27-16-17-28-20-4-2-19(18-21)3-5-20/h2-5,18H,6-17H2,1H3. The van der Waals surface area contributed by atoms with Gasteiger partial charge in [-0.25, -0.2) is 0 Å². The van der Waals surface area contributed by atoms with Crippen molar-refractivity contribution < 1.29 is 38.0 Å². The van der Waals surface area contributed by atoms with Gasteiger partial charge in [-0.1, -0.05) is 0 Å². The first-order valence-electron chi connectivity index (χ1n) is 9.42. The van der Waals surface area contributed by atoms with Gasteiger partial charge in [0.05, 0.1) is 72.7 Å². The average molecular weight is 400 g/mol. The van der Waals surface area contributed by atoms with Gasteiger partial charge in [-0.2, -0.15) is 0 Å². The topological polar surface area (TPSA) is 81.7 Å². The van der Waals surface area contributed by atoms with Gasteiger partial charge in [-0.05, 0) is 24.3 Å². The highest BCUT2D eigenvalue weighted by atomic mass is 16.6. The van der Waals surface area contributed by atoms with Crippen LogP contribution in [0, 0.1) is 0 Å². The summed E-state index contributed by atoms with van der Waals surface area (Å²) >= 11 is 0. The largest absolute Gasteiger partial charge is 0.491 e. The summed E-state index contributed by atoms with van der Waals surface area (Å²) in [5, 5.41) is 0. The summed E-state index contributed by atoms with van der Waals surface area (Å²) in [7, 11) is 1.64. The highest BCUT2D eigenvalue weighted by molar-refractivity contribution is 5.74. The predicted molar refractivity (Wildman–Crippen MR) is 103 cm³/mol. The number of benzene rings is 1. The van der Waals surface area contributed by atoms with Crippen molar-refractivity contribution >= 4 is 6.29 Å². The van der Waals surface area contributed by atoms with Gasteiger partial charge in [0.25, 0.3) is 0 Å². The van der Waals surface area contributed by atoms with E-state index in [1.54, 1.807) is 31.4 Å². The Morgan fingerprint density at radius 3 is 1.39 bits per heavy atom. The Morgan fingerprint density at radius 2 is 1.00 bits per heavy atom. The predicted octanol–water partition coefficient (Wildman–Crippen LogP) is 1.61. The minimum absolute atomic E-state index is 0.445. The second-order valence-electron chi connectivity index (χ2n) is 5.59. The molecule has 0 bridgehead atoms. The molecule has 0 spiro atoms. The fraction of sp³-hybridized carbons (Fsp3) is 0.650. The molecule has 1 aromatic rings. The Balaban J connectivity index is 1.74. The van der Waals surface area contributed by atoms with E-state index in [4.69, 9.17) is 33.2 Å². The third-order valence-corrected chi connectivity index (χ3v) is 3.43. The van der Waals surface area contributed by atoms with Gasteiger partial charge in [-0.3, -0.25) is 4.79 Å². The van der Waals surface area contributed by atoms with E-state index in [1.807, 2.05) is 0 Å². The zero-order valence-corrected chi connectivity index (χ0v) is 16.6. The first kappa shape index (κ1) is 24.5. The Labute approximate surface area is 166 Å². The molecule has 160 valence electrons.